The lowest BCUT2D eigenvalue weighted by molar-refractivity contribution is -0.179. The molecule has 1 spiro atoms. The lowest BCUT2D eigenvalue weighted by Gasteiger charge is -2.65. The highest BCUT2D eigenvalue weighted by molar-refractivity contribution is 9.10. The lowest BCUT2D eigenvalue weighted by Crippen LogP contribution is -2.60. The molecule has 0 aromatic rings. The second-order valence-corrected chi connectivity index (χ2v) is 12.2. The zero-order chi connectivity index (χ0) is 18.3. The number of ketones is 1. The Labute approximate surface area is 167 Å². The van der Waals surface area contributed by atoms with Crippen molar-refractivity contribution in [2.75, 3.05) is 0 Å². The minimum Gasteiger partial charge on any atom is -0.393 e. The number of aliphatic hydroxyl groups excluding tert-OH is 1. The van der Waals surface area contributed by atoms with E-state index >= 15 is 0 Å². The van der Waals surface area contributed by atoms with Gasteiger partial charge in [0.1, 0.15) is 0 Å². The Kier molecular flexibility index (Phi) is 4.06. The van der Waals surface area contributed by atoms with Gasteiger partial charge in [-0.3, -0.25) is 4.79 Å². The van der Waals surface area contributed by atoms with Crippen molar-refractivity contribution in [3.63, 3.8) is 0 Å². The third-order valence-electron chi connectivity index (χ3n) is 10.5. The fourth-order valence-corrected chi connectivity index (χ4v) is 9.77. The molecule has 0 saturated heterocycles. The first-order chi connectivity index (χ1) is 12.3. The van der Waals surface area contributed by atoms with E-state index < -0.39 is 0 Å². The summed E-state index contributed by atoms with van der Waals surface area (Å²) in [5, 5.41) is 10.3. The Bertz CT molecular complexity index is 619. The van der Waals surface area contributed by atoms with Crippen LogP contribution in [-0.4, -0.2) is 21.8 Å². The summed E-state index contributed by atoms with van der Waals surface area (Å²) in [6.45, 7) is 5.02. The maximum absolute atomic E-state index is 13.4. The molecule has 5 rings (SSSR count). The van der Waals surface area contributed by atoms with Gasteiger partial charge in [-0.15, -0.1) is 0 Å². The van der Waals surface area contributed by atoms with E-state index in [0.717, 1.165) is 37.5 Å². The van der Waals surface area contributed by atoms with E-state index in [0.29, 0.717) is 28.4 Å². The molecule has 0 radical (unpaired) electrons. The quantitative estimate of drug-likeness (QED) is 0.522. The van der Waals surface area contributed by atoms with Crippen LogP contribution in [0.4, 0.5) is 0 Å². The van der Waals surface area contributed by atoms with Crippen molar-refractivity contribution in [3.8, 4) is 0 Å². The number of rotatable bonds is 0. The van der Waals surface area contributed by atoms with Crippen molar-refractivity contribution < 1.29 is 9.90 Å². The molecule has 9 atom stereocenters. The number of hydrogen-bond acceptors (Lipinski definition) is 2. The number of hydrogen-bond donors (Lipinski definition) is 1. The Morgan fingerprint density at radius 3 is 2.50 bits per heavy atom. The molecule has 1 N–H and O–H groups in total. The average Bonchev–Trinajstić information content (AvgIpc) is 3.00. The number of Topliss-reactive ketones (excluding diaryl/α,β-unsaturated/α-hetero) is 1. The minimum absolute atomic E-state index is 0.0197. The largest absolute Gasteiger partial charge is 0.393 e. The molecule has 146 valence electrons. The summed E-state index contributed by atoms with van der Waals surface area (Å²) in [6, 6.07) is 0. The standard InChI is InChI=1S/C23H35BrO2/c1-21-10-8-16-17(22(21,2)11-7-15(25)13-21)9-12-23-14(3-5-18(16)23)4-6-19(24)20(23)26/h14-19,25H,3-13H2,1-2H3/t14-,15-,16?,17?,18?,19?,21?,22-,23+/m1/s1. The van der Waals surface area contributed by atoms with Crippen LogP contribution in [0, 0.1) is 39.9 Å². The highest BCUT2D eigenvalue weighted by Crippen LogP contribution is 2.72. The van der Waals surface area contributed by atoms with Crippen LogP contribution in [0.3, 0.4) is 0 Å². The monoisotopic (exact) mass is 422 g/mol. The number of aliphatic hydroxyl groups is 1. The van der Waals surface area contributed by atoms with Gasteiger partial charge in [-0.25, -0.2) is 0 Å². The summed E-state index contributed by atoms with van der Waals surface area (Å²) in [4.78, 5) is 13.5. The van der Waals surface area contributed by atoms with E-state index in [4.69, 9.17) is 0 Å². The van der Waals surface area contributed by atoms with E-state index in [2.05, 4.69) is 29.8 Å². The van der Waals surface area contributed by atoms with Gasteiger partial charge in [0.05, 0.1) is 10.9 Å². The van der Waals surface area contributed by atoms with Gasteiger partial charge in [-0.05, 0) is 105 Å². The molecule has 5 aliphatic carbocycles. The summed E-state index contributed by atoms with van der Waals surface area (Å²) in [7, 11) is 0. The Morgan fingerprint density at radius 2 is 1.69 bits per heavy atom. The smallest absolute Gasteiger partial charge is 0.153 e. The Balaban J connectivity index is 1.50. The summed E-state index contributed by atoms with van der Waals surface area (Å²) in [5.74, 6) is 3.42. The Morgan fingerprint density at radius 1 is 0.923 bits per heavy atom. The van der Waals surface area contributed by atoms with Crippen LogP contribution in [0.2, 0.25) is 0 Å². The molecule has 2 nitrogen and oxygen atoms in total. The van der Waals surface area contributed by atoms with Crippen LogP contribution in [0.1, 0.15) is 84.5 Å². The molecule has 0 amide bonds. The van der Waals surface area contributed by atoms with Crippen LogP contribution >= 0.6 is 15.9 Å². The molecule has 26 heavy (non-hydrogen) atoms. The van der Waals surface area contributed by atoms with Gasteiger partial charge in [-0.1, -0.05) is 29.8 Å². The summed E-state index contributed by atoms with van der Waals surface area (Å²) in [5.41, 5.74) is 0.676. The first-order valence-corrected chi connectivity index (χ1v) is 12.1. The van der Waals surface area contributed by atoms with Crippen LogP contribution in [-0.2, 0) is 4.79 Å². The third kappa shape index (κ3) is 2.11. The molecule has 0 aliphatic heterocycles. The fraction of sp³-hybridized carbons (Fsp3) is 0.957. The highest BCUT2D eigenvalue weighted by atomic mass is 79.9. The van der Waals surface area contributed by atoms with Crippen molar-refractivity contribution >= 4 is 21.7 Å². The van der Waals surface area contributed by atoms with Gasteiger partial charge in [0.15, 0.2) is 5.78 Å². The van der Waals surface area contributed by atoms with Gasteiger partial charge in [0, 0.05) is 5.41 Å². The zero-order valence-electron chi connectivity index (χ0n) is 16.5. The van der Waals surface area contributed by atoms with Gasteiger partial charge < -0.3 is 5.11 Å². The summed E-state index contributed by atoms with van der Waals surface area (Å²) >= 11 is 3.74. The predicted octanol–water partition coefficient (Wildman–Crippen LogP) is 5.50. The molecular weight excluding hydrogens is 388 g/mol. The van der Waals surface area contributed by atoms with Crippen molar-refractivity contribution in [2.24, 2.45) is 39.9 Å². The van der Waals surface area contributed by atoms with E-state index in [1.807, 2.05) is 0 Å². The molecule has 0 aromatic carbocycles. The van der Waals surface area contributed by atoms with Crippen molar-refractivity contribution in [1.29, 1.82) is 0 Å². The predicted molar refractivity (Wildman–Crippen MR) is 107 cm³/mol. The van der Waals surface area contributed by atoms with E-state index in [1.165, 1.54) is 44.9 Å². The third-order valence-corrected chi connectivity index (χ3v) is 11.4. The SMILES string of the molecule is CC12CCC3C4CC[C@@H]5CCC(Br)C(=O)[C@]45CCC3[C@@]1(C)CC[C@@H](O)C2. The number of alkyl halides is 1. The van der Waals surface area contributed by atoms with Crippen LogP contribution in [0.15, 0.2) is 0 Å². The molecule has 0 heterocycles. The highest BCUT2D eigenvalue weighted by Gasteiger charge is 2.67. The van der Waals surface area contributed by atoms with Gasteiger partial charge in [-0.2, -0.15) is 0 Å². The summed E-state index contributed by atoms with van der Waals surface area (Å²) < 4.78 is 0. The van der Waals surface area contributed by atoms with E-state index in [9.17, 15) is 9.90 Å². The number of carbonyl (C=O) groups excluding carboxylic acids is 1. The van der Waals surface area contributed by atoms with Gasteiger partial charge in [0.2, 0.25) is 0 Å². The molecule has 5 unspecified atom stereocenters. The first-order valence-electron chi connectivity index (χ1n) is 11.2. The van der Waals surface area contributed by atoms with Crippen LogP contribution in [0.5, 0.6) is 0 Å². The number of fused-ring (bicyclic) bond motifs is 4. The second kappa shape index (κ2) is 5.81. The number of carbonyl (C=O) groups is 1. The molecule has 0 aromatic heterocycles. The molecule has 5 aliphatic rings. The summed E-state index contributed by atoms with van der Waals surface area (Å²) in [6.07, 6.45) is 12.9. The fourth-order valence-electron chi connectivity index (χ4n) is 9.08. The molecule has 5 fully saturated rings. The molecular formula is C23H35BrO2. The first kappa shape index (κ1) is 18.2. The molecule has 0 bridgehead atoms. The number of halogens is 1. The van der Waals surface area contributed by atoms with Gasteiger partial charge >= 0.3 is 0 Å². The zero-order valence-corrected chi connectivity index (χ0v) is 18.1. The maximum Gasteiger partial charge on any atom is 0.153 e. The van der Waals surface area contributed by atoms with Crippen molar-refractivity contribution in [2.45, 2.75) is 95.4 Å². The average molecular weight is 423 g/mol. The Hall–Kier alpha value is 0.110. The second-order valence-electron chi connectivity index (χ2n) is 11.1. The van der Waals surface area contributed by atoms with Crippen molar-refractivity contribution in [1.82, 2.24) is 0 Å². The maximum atomic E-state index is 13.4. The van der Waals surface area contributed by atoms with E-state index in [-0.39, 0.29) is 16.3 Å². The van der Waals surface area contributed by atoms with Crippen LogP contribution < -0.4 is 0 Å². The van der Waals surface area contributed by atoms with Gasteiger partial charge in [0.25, 0.3) is 0 Å². The minimum atomic E-state index is -0.0931. The lowest BCUT2D eigenvalue weighted by atomic mass is 9.39. The molecule has 5 saturated carbocycles. The van der Waals surface area contributed by atoms with E-state index in [1.54, 1.807) is 0 Å². The molecule has 3 heteroatoms. The van der Waals surface area contributed by atoms with Crippen LogP contribution in [0.25, 0.3) is 0 Å². The normalized spacial score (nSPS) is 59.2. The van der Waals surface area contributed by atoms with Crippen molar-refractivity contribution in [3.05, 3.63) is 0 Å². The topological polar surface area (TPSA) is 37.3 Å².